The molecule has 1 rings (SSSR count). The molecule has 1 fully saturated rings. The number of likely N-dealkylation sites (tertiary alicyclic amines) is 1. The summed E-state index contributed by atoms with van der Waals surface area (Å²) in [4.78, 5) is 2.56. The van der Waals surface area contributed by atoms with Crippen LogP contribution in [-0.2, 0) is 0 Å². The fourth-order valence-electron chi connectivity index (χ4n) is 1.52. The lowest BCUT2D eigenvalue weighted by molar-refractivity contribution is 0.227. The van der Waals surface area contributed by atoms with Gasteiger partial charge >= 0.3 is 0 Å². The molecule has 1 aliphatic rings. The van der Waals surface area contributed by atoms with Crippen molar-refractivity contribution in [3.8, 4) is 0 Å². The molecule has 0 aromatic rings. The van der Waals surface area contributed by atoms with Gasteiger partial charge in [0.25, 0.3) is 0 Å². The van der Waals surface area contributed by atoms with Crippen molar-refractivity contribution in [1.29, 1.82) is 0 Å². The molecule has 0 aromatic heterocycles. The van der Waals surface area contributed by atoms with Gasteiger partial charge in [0, 0.05) is 0 Å². The van der Waals surface area contributed by atoms with E-state index in [1.54, 1.807) is 0 Å². The van der Waals surface area contributed by atoms with Crippen LogP contribution in [-0.4, -0.2) is 24.5 Å². The second kappa shape index (κ2) is 4.73. The van der Waals surface area contributed by atoms with Gasteiger partial charge in [-0.05, 0) is 38.9 Å². The van der Waals surface area contributed by atoms with E-state index in [9.17, 15) is 0 Å². The Labute approximate surface area is 64.4 Å². The third kappa shape index (κ3) is 2.70. The number of nitrogens with zero attached hydrogens (tertiary/aromatic N) is 1. The molecule has 0 aromatic carbocycles. The van der Waals surface area contributed by atoms with E-state index in [2.05, 4.69) is 11.8 Å². The molecule has 1 aliphatic heterocycles. The molecule has 1 nitrogen and oxygen atoms in total. The summed E-state index contributed by atoms with van der Waals surface area (Å²) in [5, 5.41) is 0. The van der Waals surface area contributed by atoms with Gasteiger partial charge in [0.1, 0.15) is 0 Å². The largest absolute Gasteiger partial charge is 0.303 e. The van der Waals surface area contributed by atoms with Crippen LogP contribution in [0.1, 0.15) is 32.1 Å². The number of rotatable bonds is 3. The summed E-state index contributed by atoms with van der Waals surface area (Å²) in [6, 6.07) is 0. The maximum Gasteiger partial charge on any atom is -0.00187 e. The zero-order valence-corrected chi connectivity index (χ0v) is 6.81. The molecule has 0 bridgehead atoms. The van der Waals surface area contributed by atoms with Crippen molar-refractivity contribution < 1.29 is 0 Å². The molecule has 0 N–H and O–H groups in total. The predicted molar refractivity (Wildman–Crippen MR) is 44.9 cm³/mol. The van der Waals surface area contributed by atoms with Gasteiger partial charge in [0.15, 0.2) is 0 Å². The minimum atomic E-state index is 1.09. The monoisotopic (exact) mass is 140 g/mol. The molecule has 59 valence electrons. The average molecular weight is 140 g/mol. The van der Waals surface area contributed by atoms with Crippen molar-refractivity contribution in [1.82, 2.24) is 4.90 Å². The Hall–Kier alpha value is -0.0400. The van der Waals surface area contributed by atoms with Crippen molar-refractivity contribution in [2.45, 2.75) is 32.1 Å². The first-order valence-corrected chi connectivity index (χ1v) is 4.45. The minimum absolute atomic E-state index is 1.09. The molecule has 1 heterocycles. The maximum atomic E-state index is 3.84. The topological polar surface area (TPSA) is 3.24 Å². The Morgan fingerprint density at radius 2 is 1.80 bits per heavy atom. The summed E-state index contributed by atoms with van der Waals surface area (Å²) in [5.41, 5.74) is 0. The molecular formula is C9H18N. The summed E-state index contributed by atoms with van der Waals surface area (Å²) in [5.74, 6) is 0. The maximum absolute atomic E-state index is 3.84. The highest BCUT2D eigenvalue weighted by Crippen LogP contribution is 2.08. The predicted octanol–water partition coefficient (Wildman–Crippen LogP) is 2.09. The lowest BCUT2D eigenvalue weighted by Crippen LogP contribution is -2.30. The second-order valence-electron chi connectivity index (χ2n) is 3.11. The van der Waals surface area contributed by atoms with Crippen LogP contribution in [0.25, 0.3) is 0 Å². The van der Waals surface area contributed by atoms with Gasteiger partial charge in [-0.2, -0.15) is 0 Å². The third-order valence-electron chi connectivity index (χ3n) is 2.17. The molecule has 0 atom stereocenters. The molecule has 1 saturated heterocycles. The third-order valence-corrected chi connectivity index (χ3v) is 2.17. The molecule has 0 amide bonds. The van der Waals surface area contributed by atoms with Crippen LogP contribution >= 0.6 is 0 Å². The Morgan fingerprint density at radius 1 is 1.10 bits per heavy atom. The molecule has 0 spiro atoms. The Balaban J connectivity index is 2.02. The van der Waals surface area contributed by atoms with Gasteiger partial charge in [0.05, 0.1) is 0 Å². The lowest BCUT2D eigenvalue weighted by atomic mass is 10.1. The van der Waals surface area contributed by atoms with E-state index in [0.717, 1.165) is 6.42 Å². The van der Waals surface area contributed by atoms with E-state index < -0.39 is 0 Å². The number of piperidine rings is 1. The van der Waals surface area contributed by atoms with E-state index in [1.165, 1.54) is 45.3 Å². The Morgan fingerprint density at radius 3 is 2.40 bits per heavy atom. The molecular weight excluding hydrogens is 122 g/mol. The zero-order chi connectivity index (χ0) is 7.23. The summed E-state index contributed by atoms with van der Waals surface area (Å²) in [7, 11) is 0. The Kier molecular flexibility index (Phi) is 3.81. The van der Waals surface area contributed by atoms with Crippen LogP contribution in [0.15, 0.2) is 0 Å². The summed E-state index contributed by atoms with van der Waals surface area (Å²) in [6.07, 6.45) is 6.64. The van der Waals surface area contributed by atoms with E-state index in [4.69, 9.17) is 0 Å². The fraction of sp³-hybridized carbons (Fsp3) is 0.889. The number of hydrogen-bond acceptors (Lipinski definition) is 1. The van der Waals surface area contributed by atoms with Crippen molar-refractivity contribution in [2.75, 3.05) is 19.6 Å². The minimum Gasteiger partial charge on any atom is -0.303 e. The van der Waals surface area contributed by atoms with Gasteiger partial charge in [-0.1, -0.05) is 19.8 Å². The van der Waals surface area contributed by atoms with Crippen LogP contribution in [0.5, 0.6) is 0 Å². The van der Waals surface area contributed by atoms with E-state index >= 15 is 0 Å². The highest BCUT2D eigenvalue weighted by molar-refractivity contribution is 4.64. The van der Waals surface area contributed by atoms with Gasteiger partial charge in [-0.25, -0.2) is 0 Å². The first-order valence-electron chi connectivity index (χ1n) is 4.45. The average Bonchev–Trinajstić information content (AvgIpc) is 2.03. The van der Waals surface area contributed by atoms with E-state index in [-0.39, 0.29) is 0 Å². The summed E-state index contributed by atoms with van der Waals surface area (Å²) < 4.78 is 0. The summed E-state index contributed by atoms with van der Waals surface area (Å²) >= 11 is 0. The second-order valence-corrected chi connectivity index (χ2v) is 3.11. The van der Waals surface area contributed by atoms with E-state index in [0.29, 0.717) is 0 Å². The highest BCUT2D eigenvalue weighted by atomic mass is 15.1. The molecule has 1 heteroatoms. The quantitative estimate of drug-likeness (QED) is 0.580. The summed E-state index contributed by atoms with van der Waals surface area (Å²) in [6.45, 7) is 7.79. The van der Waals surface area contributed by atoms with Crippen LogP contribution < -0.4 is 0 Å². The van der Waals surface area contributed by atoms with Gasteiger partial charge in [0.2, 0.25) is 0 Å². The van der Waals surface area contributed by atoms with Gasteiger partial charge in [-0.3, -0.25) is 0 Å². The molecule has 1 radical (unpaired) electrons. The van der Waals surface area contributed by atoms with Gasteiger partial charge < -0.3 is 4.90 Å². The molecule has 0 aliphatic carbocycles. The smallest absolute Gasteiger partial charge is 0.00187 e. The Bertz CT molecular complexity index is 74.8. The highest BCUT2D eigenvalue weighted by Gasteiger charge is 2.07. The zero-order valence-electron chi connectivity index (χ0n) is 6.81. The molecule has 0 unspecified atom stereocenters. The van der Waals surface area contributed by atoms with Crippen molar-refractivity contribution >= 4 is 0 Å². The first-order chi connectivity index (χ1) is 4.93. The standard InChI is InChI=1S/C9H18N/c1-2-3-7-10-8-5-4-6-9-10/h1-9H2. The first kappa shape index (κ1) is 8.06. The van der Waals surface area contributed by atoms with Crippen LogP contribution in [0.3, 0.4) is 0 Å². The normalized spacial score (nSPS) is 21.3. The fourth-order valence-corrected chi connectivity index (χ4v) is 1.52. The molecule has 10 heavy (non-hydrogen) atoms. The molecule has 0 saturated carbocycles. The number of unbranched alkanes of at least 4 members (excludes halogenated alkanes) is 1. The van der Waals surface area contributed by atoms with Crippen molar-refractivity contribution in [2.24, 2.45) is 0 Å². The SMILES string of the molecule is [CH2]CCCN1CCCCC1. The van der Waals surface area contributed by atoms with Gasteiger partial charge in [-0.15, -0.1) is 0 Å². The number of hydrogen-bond donors (Lipinski definition) is 0. The van der Waals surface area contributed by atoms with Crippen molar-refractivity contribution in [3.63, 3.8) is 0 Å². The van der Waals surface area contributed by atoms with Crippen LogP contribution in [0.2, 0.25) is 0 Å². The van der Waals surface area contributed by atoms with E-state index in [1.807, 2.05) is 0 Å². The lowest BCUT2D eigenvalue weighted by Gasteiger charge is -2.25. The van der Waals surface area contributed by atoms with Crippen LogP contribution in [0.4, 0.5) is 0 Å². The van der Waals surface area contributed by atoms with Crippen LogP contribution in [0, 0.1) is 6.92 Å². The van der Waals surface area contributed by atoms with Crippen molar-refractivity contribution in [3.05, 3.63) is 6.92 Å².